The van der Waals surface area contributed by atoms with Gasteiger partial charge in [-0.05, 0) is 37.5 Å². The number of rotatable bonds is 6. The van der Waals surface area contributed by atoms with Crippen LogP contribution in [0.5, 0.6) is 0 Å². The van der Waals surface area contributed by atoms with Crippen LogP contribution in [-0.4, -0.2) is 27.6 Å². The zero-order chi connectivity index (χ0) is 20.9. The van der Waals surface area contributed by atoms with Gasteiger partial charge in [-0.2, -0.15) is 16.9 Å². The van der Waals surface area contributed by atoms with Crippen LogP contribution in [-0.2, 0) is 27.5 Å². The molecular weight excluding hydrogens is 396 g/mol. The molecule has 7 heteroatoms. The summed E-state index contributed by atoms with van der Waals surface area (Å²) in [6.07, 6.45) is 1.60. The van der Waals surface area contributed by atoms with Crippen molar-refractivity contribution in [3.05, 3.63) is 77.5 Å². The van der Waals surface area contributed by atoms with Crippen molar-refractivity contribution in [2.45, 2.75) is 37.3 Å². The van der Waals surface area contributed by atoms with Crippen molar-refractivity contribution in [1.82, 2.24) is 15.1 Å². The van der Waals surface area contributed by atoms with Crippen LogP contribution in [0.25, 0.3) is 5.69 Å². The van der Waals surface area contributed by atoms with Crippen LogP contribution < -0.4 is 10.6 Å². The van der Waals surface area contributed by atoms with Crippen LogP contribution in [0.3, 0.4) is 0 Å². The quantitative estimate of drug-likeness (QED) is 0.597. The van der Waals surface area contributed by atoms with E-state index in [0.29, 0.717) is 5.82 Å². The molecule has 0 unspecified atom stereocenters. The van der Waals surface area contributed by atoms with E-state index in [1.54, 1.807) is 16.4 Å². The molecule has 3 aromatic rings. The van der Waals surface area contributed by atoms with Crippen LogP contribution in [0.15, 0.2) is 60.7 Å². The third-order valence-corrected chi connectivity index (χ3v) is 6.05. The third kappa shape index (κ3) is 4.57. The number of carbonyl (C=O) groups excluding carboxylic acids is 2. The van der Waals surface area contributed by atoms with Crippen LogP contribution in [0.2, 0.25) is 0 Å². The Kier molecular flexibility index (Phi) is 6.18. The van der Waals surface area contributed by atoms with Gasteiger partial charge >= 0.3 is 11.8 Å². The minimum absolute atomic E-state index is 0.108. The number of benzene rings is 2. The largest absolute Gasteiger partial charge is 0.345 e. The van der Waals surface area contributed by atoms with Crippen molar-refractivity contribution in [1.29, 1.82) is 0 Å². The molecule has 2 N–H and O–H groups in total. The van der Waals surface area contributed by atoms with Crippen LogP contribution >= 0.6 is 11.8 Å². The number of amides is 2. The summed E-state index contributed by atoms with van der Waals surface area (Å²) in [6.45, 7) is 1.91. The number of para-hydroxylation sites is 1. The van der Waals surface area contributed by atoms with Crippen molar-refractivity contribution in [3.63, 3.8) is 0 Å². The molecular formula is C23H24N4O2S. The molecule has 1 aliphatic rings. The van der Waals surface area contributed by atoms with Gasteiger partial charge in [0.15, 0.2) is 0 Å². The highest BCUT2D eigenvalue weighted by atomic mass is 32.2. The van der Waals surface area contributed by atoms with Gasteiger partial charge in [-0.15, -0.1) is 0 Å². The fraction of sp³-hybridized carbons (Fsp3) is 0.261. The van der Waals surface area contributed by atoms with Gasteiger partial charge in [0, 0.05) is 23.1 Å². The molecule has 1 atom stereocenters. The molecule has 0 fully saturated rings. The fourth-order valence-corrected chi connectivity index (χ4v) is 4.49. The number of aromatic nitrogens is 2. The summed E-state index contributed by atoms with van der Waals surface area (Å²) in [5.41, 5.74) is 4.00. The van der Waals surface area contributed by atoms with E-state index in [2.05, 4.69) is 27.9 Å². The predicted octanol–water partition coefficient (Wildman–Crippen LogP) is 3.70. The summed E-state index contributed by atoms with van der Waals surface area (Å²) in [7, 11) is 0. The second-order valence-corrected chi connectivity index (χ2v) is 8.35. The van der Waals surface area contributed by atoms with Gasteiger partial charge in [0.2, 0.25) is 0 Å². The molecule has 2 amide bonds. The lowest BCUT2D eigenvalue weighted by Gasteiger charge is -2.15. The Hall–Kier alpha value is -3.06. The minimum Gasteiger partial charge on any atom is -0.345 e. The Balaban J connectivity index is 1.42. The molecule has 0 saturated heterocycles. The van der Waals surface area contributed by atoms with Crippen LogP contribution in [0.4, 0.5) is 5.82 Å². The number of thioether (sulfide) groups is 1. The lowest BCUT2D eigenvalue weighted by Crippen LogP contribution is -2.41. The Labute approximate surface area is 180 Å². The number of fused-ring (bicyclic) bond motifs is 1. The van der Waals surface area contributed by atoms with E-state index < -0.39 is 11.8 Å². The SMILES string of the molecule is C[C@@H](CCc1ccccc1)NC(=O)C(=O)Nc1c2c(nn1-c1ccccc1)CSC2. The average Bonchev–Trinajstić information content (AvgIpc) is 3.36. The van der Waals surface area contributed by atoms with E-state index >= 15 is 0 Å². The second kappa shape index (κ2) is 9.17. The normalized spacial score (nSPS) is 13.5. The predicted molar refractivity (Wildman–Crippen MR) is 120 cm³/mol. The van der Waals surface area contributed by atoms with E-state index in [1.165, 1.54) is 5.56 Å². The first-order valence-corrected chi connectivity index (χ1v) is 11.2. The van der Waals surface area contributed by atoms with Gasteiger partial charge in [0.25, 0.3) is 0 Å². The van der Waals surface area contributed by atoms with Crippen LogP contribution in [0, 0.1) is 0 Å². The molecule has 0 spiro atoms. The van der Waals surface area contributed by atoms with Gasteiger partial charge in [-0.25, -0.2) is 4.68 Å². The maximum Gasteiger partial charge on any atom is 0.314 e. The average molecular weight is 421 g/mol. The smallest absolute Gasteiger partial charge is 0.314 e. The number of anilines is 1. The number of aryl methyl sites for hydroxylation is 1. The number of hydrogen-bond acceptors (Lipinski definition) is 4. The van der Waals surface area contributed by atoms with Gasteiger partial charge < -0.3 is 10.6 Å². The van der Waals surface area contributed by atoms with Crippen molar-refractivity contribution >= 4 is 29.4 Å². The first kappa shape index (κ1) is 20.2. The Morgan fingerprint density at radius 3 is 2.47 bits per heavy atom. The molecule has 0 aliphatic carbocycles. The fourth-order valence-electron chi connectivity index (χ4n) is 3.45. The minimum atomic E-state index is -0.668. The molecule has 0 radical (unpaired) electrons. The standard InChI is InChI=1S/C23H24N4O2S/c1-16(12-13-17-8-4-2-5-9-17)24-22(28)23(29)25-21-19-14-30-15-20(19)26-27(21)18-10-6-3-7-11-18/h2-11,16H,12-15H2,1H3,(H,24,28)(H,25,29)/t16-/m0/s1. The van der Waals surface area contributed by atoms with E-state index in [9.17, 15) is 9.59 Å². The summed E-state index contributed by atoms with van der Waals surface area (Å²) in [5, 5.41) is 10.3. The Morgan fingerprint density at radius 2 is 1.73 bits per heavy atom. The summed E-state index contributed by atoms with van der Waals surface area (Å²) in [4.78, 5) is 25.1. The summed E-state index contributed by atoms with van der Waals surface area (Å²) >= 11 is 1.75. The molecule has 1 aromatic heterocycles. The monoisotopic (exact) mass is 420 g/mol. The number of nitrogens with one attached hydrogen (secondary N) is 2. The zero-order valence-corrected chi connectivity index (χ0v) is 17.6. The molecule has 0 bridgehead atoms. The highest BCUT2D eigenvalue weighted by Gasteiger charge is 2.26. The van der Waals surface area contributed by atoms with Crippen molar-refractivity contribution in [2.24, 2.45) is 0 Å². The Morgan fingerprint density at radius 1 is 1.03 bits per heavy atom. The van der Waals surface area contributed by atoms with Gasteiger partial charge in [0.1, 0.15) is 5.82 Å². The maximum absolute atomic E-state index is 12.6. The van der Waals surface area contributed by atoms with Crippen molar-refractivity contribution < 1.29 is 9.59 Å². The van der Waals surface area contributed by atoms with E-state index in [0.717, 1.165) is 41.3 Å². The van der Waals surface area contributed by atoms with Crippen molar-refractivity contribution in [2.75, 3.05) is 5.32 Å². The van der Waals surface area contributed by atoms with Gasteiger partial charge in [0.05, 0.1) is 11.4 Å². The van der Waals surface area contributed by atoms with Crippen LogP contribution in [0.1, 0.15) is 30.2 Å². The van der Waals surface area contributed by atoms with E-state index in [-0.39, 0.29) is 6.04 Å². The number of hydrogen-bond donors (Lipinski definition) is 2. The van der Waals surface area contributed by atoms with Crippen molar-refractivity contribution in [3.8, 4) is 5.69 Å². The topological polar surface area (TPSA) is 76.0 Å². The molecule has 30 heavy (non-hydrogen) atoms. The van der Waals surface area contributed by atoms with E-state index in [4.69, 9.17) is 0 Å². The number of nitrogens with zero attached hydrogens (tertiary/aromatic N) is 2. The zero-order valence-electron chi connectivity index (χ0n) is 16.8. The first-order chi connectivity index (χ1) is 14.6. The Bertz CT molecular complexity index is 1030. The molecule has 2 heterocycles. The highest BCUT2D eigenvalue weighted by Crippen LogP contribution is 2.36. The third-order valence-electron chi connectivity index (χ3n) is 5.08. The molecule has 2 aromatic carbocycles. The molecule has 4 rings (SSSR count). The summed E-state index contributed by atoms with van der Waals surface area (Å²) in [6, 6.07) is 19.6. The first-order valence-electron chi connectivity index (χ1n) is 10.0. The highest BCUT2D eigenvalue weighted by molar-refractivity contribution is 7.98. The molecule has 1 aliphatic heterocycles. The summed E-state index contributed by atoms with van der Waals surface area (Å²) in [5.74, 6) is 0.862. The van der Waals surface area contributed by atoms with Gasteiger partial charge in [-0.3, -0.25) is 9.59 Å². The second-order valence-electron chi connectivity index (χ2n) is 7.37. The van der Waals surface area contributed by atoms with E-state index in [1.807, 2.05) is 55.5 Å². The maximum atomic E-state index is 12.6. The summed E-state index contributed by atoms with van der Waals surface area (Å²) < 4.78 is 1.72. The van der Waals surface area contributed by atoms with Gasteiger partial charge in [-0.1, -0.05) is 48.5 Å². The lowest BCUT2D eigenvalue weighted by atomic mass is 10.1. The lowest BCUT2D eigenvalue weighted by molar-refractivity contribution is -0.136. The molecule has 6 nitrogen and oxygen atoms in total. The molecule has 154 valence electrons. The molecule has 0 saturated carbocycles. The number of carbonyl (C=O) groups is 2.